The molecule has 0 amide bonds. The average molecular weight is 282 g/mol. The Bertz CT molecular complexity index is 625. The molecule has 0 fully saturated rings. The highest BCUT2D eigenvalue weighted by molar-refractivity contribution is 6.00. The standard InChI is InChI=1S/C20H26O/c1-4-6-8-16-10-11-17-13-18(9-7-5-2)20(15(3)21)14-19(17)12-16/h10-14H,4-9H2,1-3H3. The molecule has 0 aliphatic rings. The van der Waals surface area contributed by atoms with Gasteiger partial charge in [0.25, 0.3) is 0 Å². The Balaban J connectivity index is 2.42. The molecule has 0 N–H and O–H groups in total. The highest BCUT2D eigenvalue weighted by atomic mass is 16.1. The lowest BCUT2D eigenvalue weighted by Crippen LogP contribution is -2.00. The van der Waals surface area contributed by atoms with Crippen molar-refractivity contribution in [3.63, 3.8) is 0 Å². The predicted octanol–water partition coefficient (Wildman–Crippen LogP) is 5.73. The van der Waals surface area contributed by atoms with E-state index >= 15 is 0 Å². The van der Waals surface area contributed by atoms with E-state index in [-0.39, 0.29) is 5.78 Å². The lowest BCUT2D eigenvalue weighted by Gasteiger charge is -2.10. The summed E-state index contributed by atoms with van der Waals surface area (Å²) in [5, 5.41) is 2.46. The van der Waals surface area contributed by atoms with Gasteiger partial charge in [-0.25, -0.2) is 0 Å². The molecule has 0 spiro atoms. The quantitative estimate of drug-likeness (QED) is 0.593. The molecule has 2 rings (SSSR count). The maximum Gasteiger partial charge on any atom is 0.160 e. The highest BCUT2D eigenvalue weighted by Crippen LogP contribution is 2.24. The third kappa shape index (κ3) is 3.93. The molecule has 2 aromatic rings. The first-order valence-corrected chi connectivity index (χ1v) is 8.22. The smallest absolute Gasteiger partial charge is 0.160 e. The maximum atomic E-state index is 11.9. The lowest BCUT2D eigenvalue weighted by molar-refractivity contribution is 0.101. The van der Waals surface area contributed by atoms with Crippen molar-refractivity contribution < 1.29 is 4.79 Å². The SMILES string of the molecule is CCCCc1ccc2cc(CCCC)c(C(C)=O)cc2c1. The van der Waals surface area contributed by atoms with E-state index in [1.807, 2.05) is 0 Å². The van der Waals surface area contributed by atoms with Gasteiger partial charge in [-0.05, 0) is 60.6 Å². The van der Waals surface area contributed by atoms with Gasteiger partial charge in [0, 0.05) is 5.56 Å². The summed E-state index contributed by atoms with van der Waals surface area (Å²) in [6, 6.07) is 11.0. The molecule has 0 bridgehead atoms. The number of benzene rings is 2. The first-order chi connectivity index (χ1) is 10.2. The number of fused-ring (bicyclic) bond motifs is 1. The molecular formula is C20H26O. The molecule has 1 heteroatoms. The minimum atomic E-state index is 0.182. The van der Waals surface area contributed by atoms with E-state index in [1.54, 1.807) is 6.92 Å². The van der Waals surface area contributed by atoms with Gasteiger partial charge >= 0.3 is 0 Å². The fraction of sp³-hybridized carbons (Fsp3) is 0.450. The summed E-state index contributed by atoms with van der Waals surface area (Å²) in [7, 11) is 0. The number of unbranched alkanes of at least 4 members (excludes halogenated alkanes) is 2. The van der Waals surface area contributed by atoms with Crippen LogP contribution in [-0.2, 0) is 12.8 Å². The van der Waals surface area contributed by atoms with E-state index in [0.29, 0.717) is 0 Å². The van der Waals surface area contributed by atoms with Crippen LogP contribution in [0.5, 0.6) is 0 Å². The second-order valence-electron chi connectivity index (χ2n) is 5.95. The number of ketones is 1. The summed E-state index contributed by atoms with van der Waals surface area (Å²) in [6.45, 7) is 6.08. The van der Waals surface area contributed by atoms with E-state index in [2.05, 4.69) is 44.2 Å². The molecule has 112 valence electrons. The second-order valence-corrected chi connectivity index (χ2v) is 5.95. The van der Waals surface area contributed by atoms with Gasteiger partial charge in [0.2, 0.25) is 0 Å². The number of rotatable bonds is 7. The summed E-state index contributed by atoms with van der Waals surface area (Å²) in [6.07, 6.45) is 6.86. The van der Waals surface area contributed by atoms with E-state index in [0.717, 1.165) is 31.2 Å². The second kappa shape index (κ2) is 7.40. The average Bonchev–Trinajstić information content (AvgIpc) is 2.49. The first-order valence-electron chi connectivity index (χ1n) is 8.22. The molecule has 0 saturated heterocycles. The normalized spacial score (nSPS) is 11.0. The summed E-state index contributed by atoms with van der Waals surface area (Å²) >= 11 is 0. The van der Waals surface area contributed by atoms with E-state index in [9.17, 15) is 4.79 Å². The molecule has 21 heavy (non-hydrogen) atoms. The van der Waals surface area contributed by atoms with Gasteiger partial charge in [-0.15, -0.1) is 0 Å². The monoisotopic (exact) mass is 282 g/mol. The molecule has 1 nitrogen and oxygen atoms in total. The molecule has 0 aromatic heterocycles. The van der Waals surface area contributed by atoms with Crippen LogP contribution in [0.1, 0.15) is 67.9 Å². The summed E-state index contributed by atoms with van der Waals surface area (Å²) < 4.78 is 0. The summed E-state index contributed by atoms with van der Waals surface area (Å²) in [5.41, 5.74) is 3.49. The third-order valence-corrected chi connectivity index (χ3v) is 4.12. The topological polar surface area (TPSA) is 17.1 Å². The van der Waals surface area contributed by atoms with Crippen molar-refractivity contribution in [2.24, 2.45) is 0 Å². The molecule has 0 atom stereocenters. The Morgan fingerprint density at radius 3 is 2.29 bits per heavy atom. The minimum Gasteiger partial charge on any atom is -0.295 e. The van der Waals surface area contributed by atoms with Gasteiger partial charge in [-0.2, -0.15) is 0 Å². The Hall–Kier alpha value is -1.63. The third-order valence-electron chi connectivity index (χ3n) is 4.12. The van der Waals surface area contributed by atoms with Crippen molar-refractivity contribution in [1.82, 2.24) is 0 Å². The van der Waals surface area contributed by atoms with Crippen LogP contribution in [0.2, 0.25) is 0 Å². The predicted molar refractivity (Wildman–Crippen MR) is 91.2 cm³/mol. The minimum absolute atomic E-state index is 0.182. The lowest BCUT2D eigenvalue weighted by atomic mass is 9.94. The zero-order chi connectivity index (χ0) is 15.2. The molecule has 0 aliphatic heterocycles. The van der Waals surface area contributed by atoms with Crippen molar-refractivity contribution in [3.05, 3.63) is 47.0 Å². The molecular weight excluding hydrogens is 256 g/mol. The number of aryl methyl sites for hydroxylation is 2. The number of hydrogen-bond donors (Lipinski definition) is 0. The number of carbonyl (C=O) groups is 1. The number of Topliss-reactive ketones (excluding diaryl/α,β-unsaturated/α-hetero) is 1. The van der Waals surface area contributed by atoms with Gasteiger partial charge in [-0.3, -0.25) is 4.79 Å². The zero-order valence-electron chi connectivity index (χ0n) is 13.5. The van der Waals surface area contributed by atoms with Crippen LogP contribution in [0.4, 0.5) is 0 Å². The summed E-state index contributed by atoms with van der Waals surface area (Å²) in [4.78, 5) is 11.9. The molecule has 0 heterocycles. The van der Waals surface area contributed by atoms with E-state index < -0.39 is 0 Å². The van der Waals surface area contributed by atoms with Crippen molar-refractivity contribution in [2.45, 2.75) is 59.3 Å². The van der Waals surface area contributed by atoms with E-state index in [1.165, 1.54) is 34.7 Å². The van der Waals surface area contributed by atoms with Crippen LogP contribution in [0, 0.1) is 0 Å². The van der Waals surface area contributed by atoms with Crippen molar-refractivity contribution in [2.75, 3.05) is 0 Å². The van der Waals surface area contributed by atoms with Crippen LogP contribution >= 0.6 is 0 Å². The van der Waals surface area contributed by atoms with Gasteiger partial charge in [0.1, 0.15) is 0 Å². The van der Waals surface area contributed by atoms with Gasteiger partial charge in [0.05, 0.1) is 0 Å². The Morgan fingerprint density at radius 1 is 0.905 bits per heavy atom. The highest BCUT2D eigenvalue weighted by Gasteiger charge is 2.09. The maximum absolute atomic E-state index is 11.9. The first kappa shape index (κ1) is 15.8. The van der Waals surface area contributed by atoms with Gasteiger partial charge < -0.3 is 0 Å². The zero-order valence-corrected chi connectivity index (χ0v) is 13.5. The van der Waals surface area contributed by atoms with Crippen molar-refractivity contribution in [3.8, 4) is 0 Å². The van der Waals surface area contributed by atoms with Crippen LogP contribution < -0.4 is 0 Å². The fourth-order valence-corrected chi connectivity index (χ4v) is 2.83. The van der Waals surface area contributed by atoms with Gasteiger partial charge in [-0.1, -0.05) is 51.0 Å². The molecule has 0 unspecified atom stereocenters. The van der Waals surface area contributed by atoms with Crippen molar-refractivity contribution in [1.29, 1.82) is 0 Å². The summed E-state index contributed by atoms with van der Waals surface area (Å²) in [5.74, 6) is 0.182. The van der Waals surface area contributed by atoms with Crippen LogP contribution in [0.15, 0.2) is 30.3 Å². The largest absolute Gasteiger partial charge is 0.295 e. The van der Waals surface area contributed by atoms with E-state index in [4.69, 9.17) is 0 Å². The Kier molecular flexibility index (Phi) is 5.55. The van der Waals surface area contributed by atoms with Crippen LogP contribution in [0.25, 0.3) is 10.8 Å². The molecule has 0 radical (unpaired) electrons. The van der Waals surface area contributed by atoms with Gasteiger partial charge in [0.15, 0.2) is 5.78 Å². The molecule has 2 aromatic carbocycles. The number of carbonyl (C=O) groups excluding carboxylic acids is 1. The molecule has 0 aliphatic carbocycles. The fourth-order valence-electron chi connectivity index (χ4n) is 2.83. The Labute approximate surface area is 128 Å². The number of hydrogen-bond acceptors (Lipinski definition) is 1. The molecule has 0 saturated carbocycles. The van der Waals surface area contributed by atoms with Crippen LogP contribution in [-0.4, -0.2) is 5.78 Å². The Morgan fingerprint density at radius 2 is 1.62 bits per heavy atom. The van der Waals surface area contributed by atoms with Crippen molar-refractivity contribution >= 4 is 16.6 Å². The van der Waals surface area contributed by atoms with Crippen LogP contribution in [0.3, 0.4) is 0 Å².